The van der Waals surface area contributed by atoms with Gasteiger partial charge in [-0.15, -0.1) is 0 Å². The second-order valence-electron chi connectivity index (χ2n) is 7.95. The Morgan fingerprint density at radius 2 is 1.75 bits per heavy atom. The van der Waals surface area contributed by atoms with Crippen LogP contribution in [-0.2, 0) is 14.8 Å². The smallest absolute Gasteiger partial charge is 0.294 e. The average molecular weight is 454 g/mol. The largest absolute Gasteiger partial charge is 0.451 e. The van der Waals surface area contributed by atoms with Crippen molar-refractivity contribution in [2.45, 2.75) is 25.7 Å². The second-order valence-corrected chi connectivity index (χ2v) is 9.89. The molecule has 5 rings (SSSR count). The lowest BCUT2D eigenvalue weighted by Crippen LogP contribution is -2.40. The van der Waals surface area contributed by atoms with E-state index in [2.05, 4.69) is 10.1 Å². The van der Waals surface area contributed by atoms with Crippen molar-refractivity contribution in [3.8, 4) is 23.0 Å². The first kappa shape index (κ1) is 20.9. The standard InChI is InChI=1S/C23H23N3O5S/c1-14-4-5-17(12-15(14)2)22-24-23(31-25-22)21-16(3)19-13-18(6-7-20(19)30-21)32(27,28)26-8-10-29-11-9-26/h4-7,12-13H,8-11H2,1-3H3. The number of furan rings is 1. The fraction of sp³-hybridized carbons (Fsp3) is 0.304. The SMILES string of the molecule is Cc1ccc(-c2noc(-c3oc4ccc(S(=O)(=O)N5CCOCC5)cc4c3C)n2)cc1C. The highest BCUT2D eigenvalue weighted by molar-refractivity contribution is 7.89. The zero-order chi connectivity index (χ0) is 22.5. The molecule has 1 fully saturated rings. The van der Waals surface area contributed by atoms with Crippen LogP contribution in [0.25, 0.3) is 34.0 Å². The van der Waals surface area contributed by atoms with Crippen LogP contribution in [-0.4, -0.2) is 49.2 Å². The van der Waals surface area contributed by atoms with Crippen LogP contribution in [0.15, 0.2) is 50.2 Å². The molecular formula is C23H23N3O5S. The van der Waals surface area contributed by atoms with Gasteiger partial charge in [0, 0.05) is 29.6 Å². The van der Waals surface area contributed by atoms with Crippen molar-refractivity contribution in [1.29, 1.82) is 0 Å². The number of aromatic nitrogens is 2. The van der Waals surface area contributed by atoms with Gasteiger partial charge in [-0.25, -0.2) is 8.42 Å². The normalized spacial score (nSPS) is 15.5. The monoisotopic (exact) mass is 453 g/mol. The first-order valence-electron chi connectivity index (χ1n) is 10.4. The second kappa shape index (κ2) is 7.84. The number of fused-ring (bicyclic) bond motifs is 1. The third-order valence-electron chi connectivity index (χ3n) is 5.90. The van der Waals surface area contributed by atoms with Crippen molar-refractivity contribution in [3.63, 3.8) is 0 Å². The van der Waals surface area contributed by atoms with E-state index in [9.17, 15) is 8.42 Å². The number of nitrogens with zero attached hydrogens (tertiary/aromatic N) is 3. The molecule has 0 amide bonds. The van der Waals surface area contributed by atoms with E-state index >= 15 is 0 Å². The molecule has 3 heterocycles. The number of morpholine rings is 1. The molecule has 1 aliphatic heterocycles. The van der Waals surface area contributed by atoms with E-state index in [0.717, 1.165) is 16.7 Å². The summed E-state index contributed by atoms with van der Waals surface area (Å²) in [6.07, 6.45) is 0. The lowest BCUT2D eigenvalue weighted by atomic mass is 10.1. The molecule has 0 unspecified atom stereocenters. The van der Waals surface area contributed by atoms with Gasteiger partial charge in [0.05, 0.1) is 18.1 Å². The molecule has 0 spiro atoms. The number of hydrogen-bond acceptors (Lipinski definition) is 7. The number of sulfonamides is 1. The van der Waals surface area contributed by atoms with Crippen molar-refractivity contribution in [2.75, 3.05) is 26.3 Å². The van der Waals surface area contributed by atoms with Gasteiger partial charge in [0.15, 0.2) is 5.76 Å². The van der Waals surface area contributed by atoms with Gasteiger partial charge in [0.2, 0.25) is 15.8 Å². The van der Waals surface area contributed by atoms with Crippen LogP contribution in [0.2, 0.25) is 0 Å². The Balaban J connectivity index is 1.52. The zero-order valence-electron chi connectivity index (χ0n) is 18.1. The predicted molar refractivity (Wildman–Crippen MR) is 119 cm³/mol. The van der Waals surface area contributed by atoms with Crippen LogP contribution < -0.4 is 0 Å². The highest BCUT2D eigenvalue weighted by Gasteiger charge is 2.28. The maximum absolute atomic E-state index is 13.0. The molecule has 0 saturated carbocycles. The van der Waals surface area contributed by atoms with E-state index in [1.54, 1.807) is 18.2 Å². The van der Waals surface area contributed by atoms with E-state index in [0.29, 0.717) is 48.9 Å². The highest BCUT2D eigenvalue weighted by atomic mass is 32.2. The minimum atomic E-state index is -3.60. The van der Waals surface area contributed by atoms with E-state index in [1.165, 1.54) is 9.87 Å². The fourth-order valence-corrected chi connectivity index (χ4v) is 5.25. The van der Waals surface area contributed by atoms with Crippen LogP contribution in [0.4, 0.5) is 0 Å². The van der Waals surface area contributed by atoms with Gasteiger partial charge in [-0.05, 0) is 56.2 Å². The number of benzene rings is 2. The van der Waals surface area contributed by atoms with Crippen molar-refractivity contribution >= 4 is 21.0 Å². The van der Waals surface area contributed by atoms with Crippen molar-refractivity contribution in [3.05, 3.63) is 53.1 Å². The molecule has 4 aromatic rings. The fourth-order valence-electron chi connectivity index (χ4n) is 3.81. The summed E-state index contributed by atoms with van der Waals surface area (Å²) in [6.45, 7) is 7.43. The molecule has 2 aromatic carbocycles. The van der Waals surface area contributed by atoms with Crippen LogP contribution >= 0.6 is 0 Å². The molecule has 1 aliphatic rings. The van der Waals surface area contributed by atoms with Gasteiger partial charge < -0.3 is 13.7 Å². The third kappa shape index (κ3) is 3.52. The summed E-state index contributed by atoms with van der Waals surface area (Å²) in [5.74, 6) is 1.16. The average Bonchev–Trinajstić information content (AvgIpc) is 3.41. The molecule has 2 aromatic heterocycles. The number of rotatable bonds is 4. The maximum Gasteiger partial charge on any atom is 0.294 e. The van der Waals surface area contributed by atoms with Gasteiger partial charge in [-0.2, -0.15) is 9.29 Å². The summed E-state index contributed by atoms with van der Waals surface area (Å²) in [5, 5.41) is 4.80. The molecule has 0 bridgehead atoms. The molecule has 9 heteroatoms. The van der Waals surface area contributed by atoms with E-state index in [4.69, 9.17) is 13.7 Å². The van der Waals surface area contributed by atoms with Crippen LogP contribution in [0.3, 0.4) is 0 Å². The van der Waals surface area contributed by atoms with Crippen LogP contribution in [0.1, 0.15) is 16.7 Å². The van der Waals surface area contributed by atoms with Gasteiger partial charge in [-0.3, -0.25) is 0 Å². The summed E-state index contributed by atoms with van der Waals surface area (Å²) in [4.78, 5) is 4.74. The van der Waals surface area contributed by atoms with Gasteiger partial charge in [0.1, 0.15) is 5.58 Å². The molecule has 166 valence electrons. The first-order valence-corrected chi connectivity index (χ1v) is 11.8. The summed E-state index contributed by atoms with van der Waals surface area (Å²) in [7, 11) is -3.60. The lowest BCUT2D eigenvalue weighted by Gasteiger charge is -2.26. The van der Waals surface area contributed by atoms with Crippen molar-refractivity contribution in [2.24, 2.45) is 0 Å². The Morgan fingerprint density at radius 3 is 2.50 bits per heavy atom. The van der Waals surface area contributed by atoms with Crippen LogP contribution in [0.5, 0.6) is 0 Å². The number of ether oxygens (including phenoxy) is 1. The lowest BCUT2D eigenvalue weighted by molar-refractivity contribution is 0.0730. The summed E-state index contributed by atoms with van der Waals surface area (Å²) >= 11 is 0. The number of hydrogen-bond donors (Lipinski definition) is 0. The van der Waals surface area contributed by atoms with E-state index < -0.39 is 10.0 Å². The zero-order valence-corrected chi connectivity index (χ0v) is 18.9. The molecule has 0 aliphatic carbocycles. The minimum Gasteiger partial charge on any atom is -0.451 e. The molecule has 8 nitrogen and oxygen atoms in total. The summed E-state index contributed by atoms with van der Waals surface area (Å²) in [5.41, 5.74) is 4.49. The molecule has 32 heavy (non-hydrogen) atoms. The molecule has 0 atom stereocenters. The van der Waals surface area contributed by atoms with Crippen molar-refractivity contribution < 1.29 is 22.1 Å². The quantitative estimate of drug-likeness (QED) is 0.459. The molecule has 0 radical (unpaired) electrons. The molecule has 0 N–H and O–H groups in total. The highest BCUT2D eigenvalue weighted by Crippen LogP contribution is 2.35. The van der Waals surface area contributed by atoms with Gasteiger partial charge in [0.25, 0.3) is 5.89 Å². The first-order chi connectivity index (χ1) is 15.3. The topological polar surface area (TPSA) is 98.7 Å². The Kier molecular flexibility index (Phi) is 5.11. The molecule has 1 saturated heterocycles. The van der Waals surface area contributed by atoms with Gasteiger partial charge in [-0.1, -0.05) is 17.3 Å². The Bertz CT molecular complexity index is 1410. The summed E-state index contributed by atoms with van der Waals surface area (Å²) in [6, 6.07) is 10.9. The number of aryl methyl sites for hydroxylation is 3. The Hall–Kier alpha value is -3.01. The van der Waals surface area contributed by atoms with Crippen LogP contribution in [0, 0.1) is 20.8 Å². The summed E-state index contributed by atoms with van der Waals surface area (Å²) < 4.78 is 44.2. The van der Waals surface area contributed by atoms with E-state index in [1.807, 2.05) is 39.0 Å². The maximum atomic E-state index is 13.0. The Morgan fingerprint density at radius 1 is 0.969 bits per heavy atom. The third-order valence-corrected chi connectivity index (χ3v) is 7.80. The van der Waals surface area contributed by atoms with Crippen molar-refractivity contribution in [1.82, 2.24) is 14.4 Å². The Labute approximate surface area is 185 Å². The molecular weight excluding hydrogens is 430 g/mol. The minimum absolute atomic E-state index is 0.226. The van der Waals surface area contributed by atoms with E-state index in [-0.39, 0.29) is 10.8 Å². The van der Waals surface area contributed by atoms with Gasteiger partial charge >= 0.3 is 0 Å². The predicted octanol–water partition coefficient (Wildman–Crippen LogP) is 4.10.